The molecule has 28 heavy (non-hydrogen) atoms. The highest BCUT2D eigenvalue weighted by Crippen LogP contribution is 2.27. The van der Waals surface area contributed by atoms with Gasteiger partial charge >= 0.3 is 0 Å². The number of nitrogens with zero attached hydrogens (tertiary/aromatic N) is 1. The molecule has 1 atom stereocenters. The Morgan fingerprint density at radius 3 is 2.68 bits per heavy atom. The van der Waals surface area contributed by atoms with Gasteiger partial charge in [-0.05, 0) is 42.2 Å². The number of hydrogen-bond acceptors (Lipinski definition) is 5. The van der Waals surface area contributed by atoms with E-state index in [2.05, 4.69) is 10.3 Å². The molecule has 2 amide bonds. The molecular formula is C21H25N3O4. The SMILES string of the molecule is CC(C)(C)C(=O)Nc1cc(OC2CCc3ccc(C(=O)NO)cc3C2)ccn1. The van der Waals surface area contributed by atoms with Crippen molar-refractivity contribution in [1.29, 1.82) is 0 Å². The van der Waals surface area contributed by atoms with Gasteiger partial charge in [0.05, 0.1) is 0 Å². The van der Waals surface area contributed by atoms with Crippen LogP contribution in [0.4, 0.5) is 5.82 Å². The van der Waals surface area contributed by atoms with Crippen LogP contribution in [0.25, 0.3) is 0 Å². The Balaban J connectivity index is 1.69. The third kappa shape index (κ3) is 4.67. The molecule has 0 fully saturated rings. The molecule has 3 N–H and O–H groups in total. The molecule has 148 valence electrons. The van der Waals surface area contributed by atoms with Crippen LogP contribution in [0.15, 0.2) is 36.5 Å². The van der Waals surface area contributed by atoms with Crippen molar-refractivity contribution >= 4 is 17.6 Å². The lowest BCUT2D eigenvalue weighted by molar-refractivity contribution is -0.123. The van der Waals surface area contributed by atoms with Crippen molar-refractivity contribution in [3.63, 3.8) is 0 Å². The molecule has 1 unspecified atom stereocenters. The van der Waals surface area contributed by atoms with Gasteiger partial charge in [-0.25, -0.2) is 10.5 Å². The number of aromatic nitrogens is 1. The maximum atomic E-state index is 12.1. The molecule has 1 aromatic heterocycles. The van der Waals surface area contributed by atoms with Crippen LogP contribution in [0.2, 0.25) is 0 Å². The number of nitrogens with one attached hydrogen (secondary N) is 2. The summed E-state index contributed by atoms with van der Waals surface area (Å²) in [5.41, 5.74) is 3.78. The minimum Gasteiger partial charge on any atom is -0.490 e. The van der Waals surface area contributed by atoms with Crippen LogP contribution in [0, 0.1) is 5.41 Å². The zero-order valence-corrected chi connectivity index (χ0v) is 16.3. The minimum atomic E-state index is -0.529. The molecule has 1 aliphatic rings. The lowest BCUT2D eigenvalue weighted by Gasteiger charge is -2.26. The molecule has 2 aromatic rings. The number of ether oxygens (including phenoxy) is 1. The van der Waals surface area contributed by atoms with Crippen molar-refractivity contribution in [2.75, 3.05) is 5.32 Å². The number of anilines is 1. The van der Waals surface area contributed by atoms with E-state index in [0.717, 1.165) is 18.4 Å². The number of fused-ring (bicyclic) bond motifs is 1. The Labute approximate surface area is 164 Å². The predicted molar refractivity (Wildman–Crippen MR) is 104 cm³/mol. The van der Waals surface area contributed by atoms with Crippen molar-refractivity contribution in [1.82, 2.24) is 10.5 Å². The number of aryl methyl sites for hydroxylation is 1. The predicted octanol–water partition coefficient (Wildman–Crippen LogP) is 3.12. The number of benzene rings is 1. The summed E-state index contributed by atoms with van der Waals surface area (Å²) in [5, 5.41) is 11.6. The maximum absolute atomic E-state index is 12.1. The molecule has 0 saturated heterocycles. The Hall–Kier alpha value is -2.93. The fourth-order valence-corrected chi connectivity index (χ4v) is 3.08. The van der Waals surface area contributed by atoms with E-state index in [0.29, 0.717) is 23.6 Å². The van der Waals surface area contributed by atoms with Crippen LogP contribution < -0.4 is 15.5 Å². The van der Waals surface area contributed by atoms with Gasteiger partial charge in [-0.1, -0.05) is 26.8 Å². The van der Waals surface area contributed by atoms with Gasteiger partial charge in [-0.15, -0.1) is 0 Å². The first kappa shape index (κ1) is 19.8. The van der Waals surface area contributed by atoms with E-state index < -0.39 is 11.3 Å². The molecular weight excluding hydrogens is 358 g/mol. The van der Waals surface area contributed by atoms with Crippen LogP contribution in [0.3, 0.4) is 0 Å². The molecule has 1 aromatic carbocycles. The average molecular weight is 383 g/mol. The molecule has 0 radical (unpaired) electrons. The summed E-state index contributed by atoms with van der Waals surface area (Å²) >= 11 is 0. The Morgan fingerprint density at radius 2 is 1.96 bits per heavy atom. The van der Waals surface area contributed by atoms with Gasteiger partial charge in [0.15, 0.2) is 0 Å². The number of amides is 2. The van der Waals surface area contributed by atoms with Gasteiger partial charge in [0.25, 0.3) is 5.91 Å². The Morgan fingerprint density at radius 1 is 1.18 bits per heavy atom. The summed E-state index contributed by atoms with van der Waals surface area (Å²) < 4.78 is 6.11. The third-order valence-electron chi connectivity index (χ3n) is 4.71. The molecule has 7 heteroatoms. The monoisotopic (exact) mass is 383 g/mol. The summed E-state index contributed by atoms with van der Waals surface area (Å²) in [6, 6.07) is 8.89. The largest absolute Gasteiger partial charge is 0.490 e. The maximum Gasteiger partial charge on any atom is 0.274 e. The second-order valence-electron chi connectivity index (χ2n) is 7.99. The molecule has 0 bridgehead atoms. The van der Waals surface area contributed by atoms with Crippen molar-refractivity contribution < 1.29 is 19.5 Å². The molecule has 3 rings (SSSR count). The van der Waals surface area contributed by atoms with Crippen molar-refractivity contribution in [2.45, 2.75) is 46.1 Å². The van der Waals surface area contributed by atoms with E-state index >= 15 is 0 Å². The number of hydrogen-bond donors (Lipinski definition) is 3. The highest BCUT2D eigenvalue weighted by atomic mass is 16.5. The van der Waals surface area contributed by atoms with Crippen LogP contribution in [0.5, 0.6) is 5.75 Å². The average Bonchev–Trinajstić information content (AvgIpc) is 2.66. The van der Waals surface area contributed by atoms with Gasteiger partial charge in [0.1, 0.15) is 17.7 Å². The number of rotatable bonds is 4. The number of hydroxylamine groups is 1. The molecule has 0 aliphatic heterocycles. The first-order valence-electron chi connectivity index (χ1n) is 9.26. The number of pyridine rings is 1. The fraction of sp³-hybridized carbons (Fsp3) is 0.381. The van der Waals surface area contributed by atoms with Crippen LogP contribution >= 0.6 is 0 Å². The zero-order valence-electron chi connectivity index (χ0n) is 16.3. The standard InChI is InChI=1S/C21H25N3O4/c1-21(2,3)20(26)23-18-12-17(8-9-22-18)28-16-7-6-13-4-5-14(19(25)24-27)10-15(13)11-16/h4-5,8-10,12,16,27H,6-7,11H2,1-3H3,(H,24,25)(H,22,23,26). The van der Waals surface area contributed by atoms with E-state index in [1.165, 1.54) is 5.56 Å². The lowest BCUT2D eigenvalue weighted by Crippen LogP contribution is -2.28. The number of carbonyl (C=O) groups excluding carboxylic acids is 2. The summed E-state index contributed by atoms with van der Waals surface area (Å²) in [5.74, 6) is 0.449. The Kier molecular flexibility index (Phi) is 5.65. The zero-order chi connectivity index (χ0) is 20.3. The molecule has 1 aliphatic carbocycles. The van der Waals surface area contributed by atoms with Gasteiger partial charge in [0.2, 0.25) is 5.91 Å². The quantitative estimate of drug-likeness (QED) is 0.556. The topological polar surface area (TPSA) is 101 Å². The third-order valence-corrected chi connectivity index (χ3v) is 4.71. The van der Waals surface area contributed by atoms with E-state index in [1.54, 1.807) is 35.9 Å². The van der Waals surface area contributed by atoms with E-state index in [4.69, 9.17) is 9.94 Å². The van der Waals surface area contributed by atoms with Gasteiger partial charge < -0.3 is 10.1 Å². The molecule has 0 spiro atoms. The van der Waals surface area contributed by atoms with Crippen molar-refractivity contribution in [3.05, 3.63) is 53.2 Å². The first-order chi connectivity index (χ1) is 13.3. The van der Waals surface area contributed by atoms with Crippen molar-refractivity contribution in [3.8, 4) is 5.75 Å². The minimum absolute atomic E-state index is 0.0477. The smallest absolute Gasteiger partial charge is 0.274 e. The summed E-state index contributed by atoms with van der Waals surface area (Å²) in [6.07, 6.45) is 3.92. The summed E-state index contributed by atoms with van der Waals surface area (Å²) in [7, 11) is 0. The van der Waals surface area contributed by atoms with Gasteiger partial charge in [-0.2, -0.15) is 0 Å². The highest BCUT2D eigenvalue weighted by molar-refractivity contribution is 5.94. The summed E-state index contributed by atoms with van der Waals surface area (Å²) in [4.78, 5) is 28.0. The lowest BCUT2D eigenvalue weighted by atomic mass is 9.88. The second-order valence-corrected chi connectivity index (χ2v) is 7.99. The van der Waals surface area contributed by atoms with Crippen molar-refractivity contribution in [2.24, 2.45) is 5.41 Å². The highest BCUT2D eigenvalue weighted by Gasteiger charge is 2.23. The Bertz CT molecular complexity index is 889. The second kappa shape index (κ2) is 7.98. The summed E-state index contributed by atoms with van der Waals surface area (Å²) in [6.45, 7) is 5.52. The van der Waals surface area contributed by atoms with Crippen LogP contribution in [-0.2, 0) is 17.6 Å². The van der Waals surface area contributed by atoms with Crippen LogP contribution in [-0.4, -0.2) is 28.1 Å². The van der Waals surface area contributed by atoms with Gasteiger partial charge in [-0.3, -0.25) is 14.8 Å². The van der Waals surface area contributed by atoms with E-state index in [9.17, 15) is 9.59 Å². The fourth-order valence-electron chi connectivity index (χ4n) is 3.08. The number of carbonyl (C=O) groups is 2. The molecule has 0 saturated carbocycles. The van der Waals surface area contributed by atoms with Gasteiger partial charge in [0, 0.05) is 29.7 Å². The molecule has 7 nitrogen and oxygen atoms in total. The van der Waals surface area contributed by atoms with Crippen LogP contribution in [0.1, 0.15) is 48.7 Å². The normalized spacial score (nSPS) is 16.1. The van der Waals surface area contributed by atoms with E-state index in [-0.39, 0.29) is 12.0 Å². The molecule has 1 heterocycles. The van der Waals surface area contributed by atoms with E-state index in [1.807, 2.05) is 26.8 Å². The first-order valence-corrected chi connectivity index (χ1v) is 9.26.